The Kier molecular flexibility index (Phi) is 5.91. The number of carbonyl (C=O) groups is 1. The summed E-state index contributed by atoms with van der Waals surface area (Å²) in [6.07, 6.45) is 3.10. The minimum absolute atomic E-state index is 0.0989. The molecule has 2 rings (SSSR count). The number of hydrogen-bond donors (Lipinski definition) is 1. The van der Waals surface area contributed by atoms with Crippen LogP contribution >= 0.6 is 0 Å². The first kappa shape index (κ1) is 19.1. The fourth-order valence-electron chi connectivity index (χ4n) is 2.07. The number of halogens is 1. The normalized spacial score (nSPS) is 13.0. The van der Waals surface area contributed by atoms with Gasteiger partial charge in [0.1, 0.15) is 11.1 Å². The molecule has 9 heteroatoms. The number of nitrogens with one attached hydrogen (secondary N) is 1. The van der Waals surface area contributed by atoms with Crippen molar-refractivity contribution in [3.8, 4) is 0 Å². The Morgan fingerprint density at radius 3 is 2.56 bits per heavy atom. The molecule has 0 aliphatic heterocycles. The molecule has 25 heavy (non-hydrogen) atoms. The third kappa shape index (κ3) is 4.86. The summed E-state index contributed by atoms with van der Waals surface area (Å²) in [5, 5.41) is 5.35. The van der Waals surface area contributed by atoms with Gasteiger partial charge < -0.3 is 10.2 Å². The average molecular weight is 368 g/mol. The number of likely N-dealkylation sites (N-methyl/N-ethyl adjacent to an activating group) is 1. The maximum absolute atomic E-state index is 13.0. The van der Waals surface area contributed by atoms with E-state index in [1.165, 1.54) is 13.1 Å². The van der Waals surface area contributed by atoms with Crippen molar-refractivity contribution in [3.63, 3.8) is 0 Å². The SMILES string of the molecule is CC(C(=O)Nc1cnn(CCN(C)C)c1)S(=O)(=O)c1ccc(F)cc1. The second-order valence-corrected chi connectivity index (χ2v) is 8.19. The summed E-state index contributed by atoms with van der Waals surface area (Å²) in [6.45, 7) is 2.72. The number of amides is 1. The Hall–Kier alpha value is -2.26. The van der Waals surface area contributed by atoms with Crippen LogP contribution in [0.1, 0.15) is 6.92 Å². The zero-order valence-corrected chi connectivity index (χ0v) is 15.1. The van der Waals surface area contributed by atoms with E-state index in [0.29, 0.717) is 12.2 Å². The van der Waals surface area contributed by atoms with Crippen LogP contribution in [0.4, 0.5) is 10.1 Å². The highest BCUT2D eigenvalue weighted by Crippen LogP contribution is 2.18. The maximum Gasteiger partial charge on any atom is 0.242 e. The van der Waals surface area contributed by atoms with Gasteiger partial charge in [-0.3, -0.25) is 9.48 Å². The van der Waals surface area contributed by atoms with Crippen LogP contribution in [0.25, 0.3) is 0 Å². The summed E-state index contributed by atoms with van der Waals surface area (Å²) in [6, 6.07) is 4.39. The van der Waals surface area contributed by atoms with Gasteiger partial charge in [0.05, 0.1) is 23.3 Å². The molecule has 0 fully saturated rings. The third-order valence-corrected chi connectivity index (χ3v) is 5.73. The molecule has 136 valence electrons. The van der Waals surface area contributed by atoms with E-state index in [1.54, 1.807) is 10.9 Å². The van der Waals surface area contributed by atoms with Gasteiger partial charge in [-0.1, -0.05) is 0 Å². The molecule has 0 saturated heterocycles. The Morgan fingerprint density at radius 1 is 1.32 bits per heavy atom. The molecule has 1 N–H and O–H groups in total. The molecule has 0 bridgehead atoms. The molecule has 2 aromatic rings. The van der Waals surface area contributed by atoms with Crippen LogP contribution in [0.5, 0.6) is 0 Å². The van der Waals surface area contributed by atoms with Gasteiger partial charge in [0.25, 0.3) is 0 Å². The van der Waals surface area contributed by atoms with Crippen molar-refractivity contribution in [2.75, 3.05) is 26.0 Å². The zero-order valence-electron chi connectivity index (χ0n) is 14.3. The molecule has 7 nitrogen and oxygen atoms in total. The molecule has 1 aromatic carbocycles. The summed E-state index contributed by atoms with van der Waals surface area (Å²) in [4.78, 5) is 14.2. The minimum atomic E-state index is -3.90. The number of nitrogens with zero attached hydrogens (tertiary/aromatic N) is 3. The molecule has 0 spiro atoms. The molecule has 0 aliphatic rings. The summed E-state index contributed by atoms with van der Waals surface area (Å²) in [5.74, 6) is -1.21. The van der Waals surface area contributed by atoms with Crippen molar-refractivity contribution in [2.45, 2.75) is 23.6 Å². The number of rotatable bonds is 7. The van der Waals surface area contributed by atoms with Gasteiger partial charge in [-0.15, -0.1) is 0 Å². The van der Waals surface area contributed by atoms with Crippen molar-refractivity contribution in [1.29, 1.82) is 0 Å². The van der Waals surface area contributed by atoms with Gasteiger partial charge in [0.2, 0.25) is 5.91 Å². The van der Waals surface area contributed by atoms with Gasteiger partial charge in [0.15, 0.2) is 9.84 Å². The molecule has 0 radical (unpaired) electrons. The largest absolute Gasteiger partial charge is 0.322 e. The number of sulfone groups is 1. The number of carbonyl (C=O) groups excluding carboxylic acids is 1. The lowest BCUT2D eigenvalue weighted by molar-refractivity contribution is -0.115. The van der Waals surface area contributed by atoms with E-state index in [4.69, 9.17) is 0 Å². The number of aromatic nitrogens is 2. The van der Waals surface area contributed by atoms with Crippen LogP contribution < -0.4 is 5.32 Å². The smallest absolute Gasteiger partial charge is 0.242 e. The van der Waals surface area contributed by atoms with E-state index >= 15 is 0 Å². The highest BCUT2D eigenvalue weighted by molar-refractivity contribution is 7.92. The van der Waals surface area contributed by atoms with Crippen molar-refractivity contribution < 1.29 is 17.6 Å². The standard InChI is InChI=1S/C16H21FN4O3S/c1-12(25(23,24)15-6-4-13(17)5-7-15)16(22)19-14-10-18-21(11-14)9-8-20(2)3/h4-7,10-12H,8-9H2,1-3H3,(H,19,22). The maximum atomic E-state index is 13.0. The number of anilines is 1. The van der Waals surface area contributed by atoms with Crippen molar-refractivity contribution in [3.05, 3.63) is 42.5 Å². The third-order valence-electron chi connectivity index (χ3n) is 3.65. The van der Waals surface area contributed by atoms with E-state index in [-0.39, 0.29) is 4.90 Å². The Morgan fingerprint density at radius 2 is 1.96 bits per heavy atom. The molecule has 1 heterocycles. The molecule has 0 aliphatic carbocycles. The quantitative estimate of drug-likeness (QED) is 0.747. The molecule has 1 atom stereocenters. The first-order chi connectivity index (χ1) is 11.7. The molecular weight excluding hydrogens is 347 g/mol. The van der Waals surface area contributed by atoms with Crippen molar-refractivity contribution >= 4 is 21.4 Å². The van der Waals surface area contributed by atoms with Crippen molar-refractivity contribution in [1.82, 2.24) is 14.7 Å². The van der Waals surface area contributed by atoms with Crippen LogP contribution in [0.3, 0.4) is 0 Å². The highest BCUT2D eigenvalue weighted by atomic mass is 32.2. The lowest BCUT2D eigenvalue weighted by Crippen LogP contribution is -2.32. The van der Waals surface area contributed by atoms with Gasteiger partial charge in [0, 0.05) is 12.7 Å². The highest BCUT2D eigenvalue weighted by Gasteiger charge is 2.30. The summed E-state index contributed by atoms with van der Waals surface area (Å²) in [5.41, 5.74) is 0.421. The van der Waals surface area contributed by atoms with Crippen LogP contribution in [-0.4, -0.2) is 54.9 Å². The second kappa shape index (κ2) is 7.75. The van der Waals surface area contributed by atoms with Gasteiger partial charge in [-0.05, 0) is 45.3 Å². The van der Waals surface area contributed by atoms with Crippen LogP contribution in [-0.2, 0) is 21.2 Å². The van der Waals surface area contributed by atoms with Crippen LogP contribution in [0, 0.1) is 5.82 Å². The second-order valence-electron chi connectivity index (χ2n) is 5.93. The topological polar surface area (TPSA) is 84.3 Å². The molecule has 1 aromatic heterocycles. The average Bonchev–Trinajstić information content (AvgIpc) is 3.00. The number of benzene rings is 1. The van der Waals surface area contributed by atoms with E-state index in [1.807, 2.05) is 19.0 Å². The Bertz CT molecular complexity index is 831. The summed E-state index contributed by atoms with van der Waals surface area (Å²) in [7, 11) is -0.0250. The van der Waals surface area contributed by atoms with Crippen LogP contribution in [0.15, 0.2) is 41.6 Å². The van der Waals surface area contributed by atoms with Crippen LogP contribution in [0.2, 0.25) is 0 Å². The minimum Gasteiger partial charge on any atom is -0.322 e. The molecule has 1 unspecified atom stereocenters. The lowest BCUT2D eigenvalue weighted by atomic mass is 10.3. The van der Waals surface area contributed by atoms with E-state index in [9.17, 15) is 17.6 Å². The molecule has 1 amide bonds. The van der Waals surface area contributed by atoms with Gasteiger partial charge in [-0.25, -0.2) is 12.8 Å². The zero-order chi connectivity index (χ0) is 18.6. The first-order valence-electron chi connectivity index (χ1n) is 7.67. The van der Waals surface area contributed by atoms with Gasteiger partial charge in [-0.2, -0.15) is 5.10 Å². The van der Waals surface area contributed by atoms with E-state index in [0.717, 1.165) is 30.8 Å². The predicted molar refractivity (Wildman–Crippen MR) is 92.5 cm³/mol. The number of hydrogen-bond acceptors (Lipinski definition) is 5. The van der Waals surface area contributed by atoms with Gasteiger partial charge >= 0.3 is 0 Å². The Balaban J connectivity index is 2.06. The monoisotopic (exact) mass is 368 g/mol. The summed E-state index contributed by atoms with van der Waals surface area (Å²) < 4.78 is 39.5. The molecular formula is C16H21FN4O3S. The fourth-order valence-corrected chi connectivity index (χ4v) is 3.33. The van der Waals surface area contributed by atoms with E-state index < -0.39 is 26.8 Å². The predicted octanol–water partition coefficient (Wildman–Crippen LogP) is 1.38. The van der Waals surface area contributed by atoms with Crippen molar-refractivity contribution in [2.24, 2.45) is 0 Å². The molecule has 0 saturated carbocycles. The van der Waals surface area contributed by atoms with E-state index in [2.05, 4.69) is 10.4 Å². The lowest BCUT2D eigenvalue weighted by Gasteiger charge is -2.12. The fraction of sp³-hybridized carbons (Fsp3) is 0.375. The summed E-state index contributed by atoms with van der Waals surface area (Å²) >= 11 is 0. The Labute approximate surface area is 146 Å². The first-order valence-corrected chi connectivity index (χ1v) is 9.22.